The molecule has 106 valence electrons. The lowest BCUT2D eigenvalue weighted by Crippen LogP contribution is -2.19. The molecule has 2 rings (SSSR count). The van der Waals surface area contributed by atoms with E-state index in [1.54, 1.807) is 6.07 Å². The predicted molar refractivity (Wildman–Crippen MR) is 80.1 cm³/mol. The van der Waals surface area contributed by atoms with Gasteiger partial charge in [0, 0.05) is 18.8 Å². The van der Waals surface area contributed by atoms with Crippen molar-refractivity contribution < 1.29 is 4.39 Å². The minimum atomic E-state index is -0.255. The van der Waals surface area contributed by atoms with Gasteiger partial charge in [0.15, 0.2) is 0 Å². The van der Waals surface area contributed by atoms with Crippen molar-refractivity contribution in [1.82, 2.24) is 4.98 Å². The van der Waals surface area contributed by atoms with Gasteiger partial charge < -0.3 is 10.6 Å². The zero-order chi connectivity index (χ0) is 14.7. The number of anilines is 1. The van der Waals surface area contributed by atoms with Gasteiger partial charge in [-0.25, -0.2) is 4.39 Å². The molecule has 0 aliphatic heterocycles. The van der Waals surface area contributed by atoms with Gasteiger partial charge in [0.25, 0.3) is 0 Å². The lowest BCUT2D eigenvalue weighted by Gasteiger charge is -2.20. The van der Waals surface area contributed by atoms with Gasteiger partial charge in [-0.05, 0) is 43.7 Å². The smallest absolute Gasteiger partial charge is 0.146 e. The summed E-state index contributed by atoms with van der Waals surface area (Å²) in [7, 11) is 1.86. The first-order chi connectivity index (χ1) is 9.47. The topological polar surface area (TPSA) is 42.1 Å². The standard InChI is InChI=1S/C16H20FN3/c1-11-5-4-6-14(19-11)10-20(3)16-8-7-13(12(2)18)9-15(16)17/h4-9,12H,10,18H2,1-3H3/t12-/m0/s1. The molecule has 3 nitrogen and oxygen atoms in total. The molecular weight excluding hydrogens is 253 g/mol. The van der Waals surface area contributed by atoms with E-state index < -0.39 is 0 Å². The summed E-state index contributed by atoms with van der Waals surface area (Å²) in [4.78, 5) is 6.28. The maximum absolute atomic E-state index is 14.1. The van der Waals surface area contributed by atoms with Crippen LogP contribution in [0.15, 0.2) is 36.4 Å². The Bertz CT molecular complexity index is 596. The molecule has 0 saturated carbocycles. The first kappa shape index (κ1) is 14.5. The van der Waals surface area contributed by atoms with Crippen LogP contribution in [0, 0.1) is 12.7 Å². The highest BCUT2D eigenvalue weighted by molar-refractivity contribution is 5.49. The molecule has 0 spiro atoms. The maximum Gasteiger partial charge on any atom is 0.146 e. The van der Waals surface area contributed by atoms with Crippen LogP contribution < -0.4 is 10.6 Å². The number of nitrogens with two attached hydrogens (primary N) is 1. The van der Waals surface area contributed by atoms with E-state index in [0.29, 0.717) is 12.2 Å². The molecule has 2 aromatic rings. The SMILES string of the molecule is Cc1cccc(CN(C)c2ccc([C@H](C)N)cc2F)n1. The fraction of sp³-hybridized carbons (Fsp3) is 0.312. The van der Waals surface area contributed by atoms with E-state index >= 15 is 0 Å². The van der Waals surface area contributed by atoms with Crippen molar-refractivity contribution in [2.75, 3.05) is 11.9 Å². The molecule has 0 saturated heterocycles. The van der Waals surface area contributed by atoms with E-state index in [-0.39, 0.29) is 11.9 Å². The molecule has 20 heavy (non-hydrogen) atoms. The van der Waals surface area contributed by atoms with Crippen LogP contribution in [0.1, 0.15) is 29.9 Å². The van der Waals surface area contributed by atoms with Crippen LogP contribution in [0.3, 0.4) is 0 Å². The molecule has 0 bridgehead atoms. The highest BCUT2D eigenvalue weighted by Crippen LogP contribution is 2.23. The van der Waals surface area contributed by atoms with Gasteiger partial charge in [0.1, 0.15) is 5.82 Å². The number of hydrogen-bond donors (Lipinski definition) is 1. The van der Waals surface area contributed by atoms with Crippen LogP contribution in [0.25, 0.3) is 0 Å². The Morgan fingerprint density at radius 2 is 2.05 bits per heavy atom. The number of aromatic nitrogens is 1. The van der Waals surface area contributed by atoms with Crippen molar-refractivity contribution in [1.29, 1.82) is 0 Å². The van der Waals surface area contributed by atoms with E-state index in [4.69, 9.17) is 5.73 Å². The zero-order valence-corrected chi connectivity index (χ0v) is 12.1. The van der Waals surface area contributed by atoms with Gasteiger partial charge in [0.05, 0.1) is 17.9 Å². The van der Waals surface area contributed by atoms with Gasteiger partial charge in [0.2, 0.25) is 0 Å². The number of halogens is 1. The molecular formula is C16H20FN3. The molecule has 0 amide bonds. The summed E-state index contributed by atoms with van der Waals surface area (Å²) >= 11 is 0. The van der Waals surface area contributed by atoms with Crippen LogP contribution in [-0.2, 0) is 6.54 Å². The van der Waals surface area contributed by atoms with Gasteiger partial charge in [-0.1, -0.05) is 12.1 Å². The largest absolute Gasteiger partial charge is 0.366 e. The molecule has 0 fully saturated rings. The lowest BCUT2D eigenvalue weighted by molar-refractivity contribution is 0.616. The van der Waals surface area contributed by atoms with E-state index in [2.05, 4.69) is 4.98 Å². The quantitative estimate of drug-likeness (QED) is 0.930. The van der Waals surface area contributed by atoms with Crippen LogP contribution >= 0.6 is 0 Å². The maximum atomic E-state index is 14.1. The van der Waals surface area contributed by atoms with E-state index in [9.17, 15) is 4.39 Å². The third kappa shape index (κ3) is 3.33. The molecule has 1 atom stereocenters. The number of aryl methyl sites for hydroxylation is 1. The molecule has 1 heterocycles. The fourth-order valence-corrected chi connectivity index (χ4v) is 2.13. The highest BCUT2D eigenvalue weighted by atomic mass is 19.1. The van der Waals surface area contributed by atoms with Gasteiger partial charge in [-0.2, -0.15) is 0 Å². The van der Waals surface area contributed by atoms with Crippen LogP contribution in [0.5, 0.6) is 0 Å². The van der Waals surface area contributed by atoms with Gasteiger partial charge in [-0.3, -0.25) is 4.98 Å². The van der Waals surface area contributed by atoms with Crippen molar-refractivity contribution in [2.24, 2.45) is 5.73 Å². The van der Waals surface area contributed by atoms with Crippen LogP contribution in [0.4, 0.5) is 10.1 Å². The summed E-state index contributed by atoms with van der Waals surface area (Å²) in [6, 6.07) is 10.8. The second kappa shape index (κ2) is 6.01. The first-order valence-corrected chi connectivity index (χ1v) is 6.66. The highest BCUT2D eigenvalue weighted by Gasteiger charge is 2.11. The molecule has 0 aliphatic rings. The fourth-order valence-electron chi connectivity index (χ4n) is 2.13. The van der Waals surface area contributed by atoms with Crippen molar-refractivity contribution in [3.63, 3.8) is 0 Å². The van der Waals surface area contributed by atoms with Gasteiger partial charge in [-0.15, -0.1) is 0 Å². The number of nitrogens with zero attached hydrogens (tertiary/aromatic N) is 2. The third-order valence-corrected chi connectivity index (χ3v) is 3.25. The molecule has 4 heteroatoms. The second-order valence-corrected chi connectivity index (χ2v) is 5.13. The molecule has 1 aromatic carbocycles. The predicted octanol–water partition coefficient (Wildman–Crippen LogP) is 3.19. The first-order valence-electron chi connectivity index (χ1n) is 6.66. The minimum Gasteiger partial charge on any atom is -0.366 e. The van der Waals surface area contributed by atoms with Crippen molar-refractivity contribution in [3.8, 4) is 0 Å². The van der Waals surface area contributed by atoms with Gasteiger partial charge >= 0.3 is 0 Å². The molecule has 0 radical (unpaired) electrons. The Labute approximate surface area is 119 Å². The van der Waals surface area contributed by atoms with Crippen molar-refractivity contribution >= 4 is 5.69 Å². The normalized spacial score (nSPS) is 12.2. The zero-order valence-electron chi connectivity index (χ0n) is 12.1. The number of benzene rings is 1. The third-order valence-electron chi connectivity index (χ3n) is 3.25. The summed E-state index contributed by atoms with van der Waals surface area (Å²) in [6.45, 7) is 4.35. The summed E-state index contributed by atoms with van der Waals surface area (Å²) < 4.78 is 14.1. The monoisotopic (exact) mass is 273 g/mol. The Morgan fingerprint density at radius 3 is 2.65 bits per heavy atom. The molecule has 0 aliphatic carbocycles. The summed E-state index contributed by atoms with van der Waals surface area (Å²) in [6.07, 6.45) is 0. The number of rotatable bonds is 4. The van der Waals surface area contributed by atoms with E-state index in [1.165, 1.54) is 6.07 Å². The van der Waals surface area contributed by atoms with Crippen molar-refractivity contribution in [2.45, 2.75) is 26.4 Å². The molecule has 0 unspecified atom stereocenters. The Hall–Kier alpha value is -1.94. The molecule has 2 N–H and O–H groups in total. The summed E-state index contributed by atoms with van der Waals surface area (Å²) in [5.74, 6) is -0.255. The minimum absolute atomic E-state index is 0.165. The van der Waals surface area contributed by atoms with Crippen LogP contribution in [0.2, 0.25) is 0 Å². The van der Waals surface area contributed by atoms with Crippen molar-refractivity contribution in [3.05, 3.63) is 59.2 Å². The van der Waals surface area contributed by atoms with E-state index in [1.807, 2.05) is 50.1 Å². The van der Waals surface area contributed by atoms with Crippen LogP contribution in [-0.4, -0.2) is 12.0 Å². The Morgan fingerprint density at radius 1 is 1.30 bits per heavy atom. The average Bonchev–Trinajstić information content (AvgIpc) is 2.38. The summed E-state index contributed by atoms with van der Waals surface area (Å²) in [5, 5.41) is 0. The lowest BCUT2D eigenvalue weighted by atomic mass is 10.1. The Balaban J connectivity index is 2.19. The van der Waals surface area contributed by atoms with E-state index in [0.717, 1.165) is 17.0 Å². The molecule has 1 aromatic heterocycles. The second-order valence-electron chi connectivity index (χ2n) is 5.13. The number of pyridine rings is 1. The summed E-state index contributed by atoms with van der Waals surface area (Å²) in [5.41, 5.74) is 8.99. The Kier molecular flexibility index (Phi) is 4.35. The number of hydrogen-bond acceptors (Lipinski definition) is 3. The average molecular weight is 273 g/mol.